The molecule has 11 heteroatoms. The fourth-order valence-corrected chi connectivity index (χ4v) is 3.72. The van der Waals surface area contributed by atoms with Gasteiger partial charge in [0.05, 0.1) is 77.3 Å². The van der Waals surface area contributed by atoms with E-state index in [9.17, 15) is 4.79 Å². The van der Waals surface area contributed by atoms with Gasteiger partial charge in [-0.15, -0.1) is 0 Å². The van der Waals surface area contributed by atoms with Crippen molar-refractivity contribution in [3.8, 4) is 5.75 Å². The summed E-state index contributed by atoms with van der Waals surface area (Å²) in [5.41, 5.74) is 0.253. The van der Waals surface area contributed by atoms with Crippen LogP contribution >= 0.6 is 0 Å². The van der Waals surface area contributed by atoms with Crippen LogP contribution in [0.5, 0.6) is 5.75 Å². The van der Waals surface area contributed by atoms with Crippen molar-refractivity contribution in [3.05, 3.63) is 24.3 Å². The lowest BCUT2D eigenvalue weighted by atomic mass is 9.79. The van der Waals surface area contributed by atoms with Crippen LogP contribution in [0.3, 0.4) is 0 Å². The average Bonchev–Trinajstić information content (AvgIpc) is 3.17. The summed E-state index contributed by atoms with van der Waals surface area (Å²) in [5, 5.41) is 2.92. The lowest BCUT2D eigenvalue weighted by molar-refractivity contribution is -0.122. The Balaban J connectivity index is 1.35. The predicted molar refractivity (Wildman–Crippen MR) is 159 cm³/mol. The minimum Gasteiger partial charge on any atom is -0.494 e. The van der Waals surface area contributed by atoms with Gasteiger partial charge in [0.25, 0.3) is 0 Å². The van der Waals surface area contributed by atoms with E-state index in [0.717, 1.165) is 37.1 Å². The molecule has 0 saturated carbocycles. The molecule has 1 aromatic carbocycles. The number of amides is 1. The zero-order valence-electron chi connectivity index (χ0n) is 25.9. The molecule has 0 aromatic heterocycles. The first-order chi connectivity index (χ1) is 19.7. The molecule has 0 atom stereocenters. The summed E-state index contributed by atoms with van der Waals surface area (Å²) in [4.78, 5) is 12.0. The van der Waals surface area contributed by atoms with Crippen molar-refractivity contribution >= 4 is 18.5 Å². The van der Waals surface area contributed by atoms with Crippen molar-refractivity contribution in [3.63, 3.8) is 0 Å². The molecule has 0 aliphatic carbocycles. The van der Waals surface area contributed by atoms with Gasteiger partial charge in [-0.05, 0) is 64.6 Å². The summed E-state index contributed by atoms with van der Waals surface area (Å²) in [6.07, 6.45) is 3.04. The first-order valence-corrected chi connectivity index (χ1v) is 15.0. The fourth-order valence-electron chi connectivity index (χ4n) is 3.72. The second-order valence-corrected chi connectivity index (χ2v) is 10.9. The highest BCUT2D eigenvalue weighted by Crippen LogP contribution is 2.36. The number of ether oxygens (including phenoxy) is 6. The van der Waals surface area contributed by atoms with Crippen LogP contribution in [-0.2, 0) is 37.8 Å². The molecular formula is C30H52BNO9. The minimum atomic E-state index is -0.376. The largest absolute Gasteiger partial charge is 0.494 e. The predicted octanol–water partition coefficient (Wildman–Crippen LogP) is 3.14. The molecule has 1 aliphatic heterocycles. The second-order valence-electron chi connectivity index (χ2n) is 10.9. The SMILES string of the molecule is CCCOCCOCCOCCOCCOCCC(=O)NCCCCOc1ccc(B2OC(C)(C)C(C)(C)O2)cc1. The number of hydrogen-bond acceptors (Lipinski definition) is 9. The quantitative estimate of drug-likeness (QED) is 0.146. The molecule has 1 aromatic rings. The highest BCUT2D eigenvalue weighted by atomic mass is 16.7. The highest BCUT2D eigenvalue weighted by molar-refractivity contribution is 6.62. The van der Waals surface area contributed by atoms with Crippen LogP contribution in [0.2, 0.25) is 0 Å². The molecule has 0 spiro atoms. The summed E-state index contributed by atoms with van der Waals surface area (Å²) >= 11 is 0. The maximum absolute atomic E-state index is 12.0. The molecule has 0 unspecified atom stereocenters. The van der Waals surface area contributed by atoms with Crippen molar-refractivity contribution < 1.29 is 42.5 Å². The molecular weight excluding hydrogens is 529 g/mol. The molecule has 1 aliphatic rings. The summed E-state index contributed by atoms with van der Waals surface area (Å²) in [6.45, 7) is 16.8. The third-order valence-corrected chi connectivity index (χ3v) is 6.88. The Labute approximate surface area is 247 Å². The first-order valence-electron chi connectivity index (χ1n) is 15.0. The van der Waals surface area contributed by atoms with Crippen LogP contribution in [0, 0.1) is 0 Å². The fraction of sp³-hybridized carbons (Fsp3) is 0.767. The Morgan fingerprint density at radius 1 is 0.707 bits per heavy atom. The van der Waals surface area contributed by atoms with E-state index < -0.39 is 0 Å². The van der Waals surface area contributed by atoms with Gasteiger partial charge in [0, 0.05) is 19.6 Å². The molecule has 41 heavy (non-hydrogen) atoms. The molecule has 1 heterocycles. The Bertz CT molecular complexity index is 807. The molecule has 10 nitrogen and oxygen atoms in total. The summed E-state index contributed by atoms with van der Waals surface area (Å²) in [5.74, 6) is 0.787. The van der Waals surface area contributed by atoms with Crippen LogP contribution in [0.1, 0.15) is 60.3 Å². The Hall–Kier alpha value is -1.73. The Morgan fingerprint density at radius 3 is 1.71 bits per heavy atom. The molecule has 1 fully saturated rings. The molecule has 1 N–H and O–H groups in total. The second kappa shape index (κ2) is 20.2. The maximum atomic E-state index is 12.0. The van der Waals surface area contributed by atoms with Crippen LogP contribution in [0.25, 0.3) is 0 Å². The zero-order chi connectivity index (χ0) is 29.8. The smallest absolute Gasteiger partial charge is 0.494 e. The van der Waals surface area contributed by atoms with Crippen LogP contribution in [0.15, 0.2) is 24.3 Å². The van der Waals surface area contributed by atoms with E-state index in [-0.39, 0.29) is 24.2 Å². The van der Waals surface area contributed by atoms with Crippen molar-refractivity contribution in [2.75, 3.05) is 79.2 Å². The van der Waals surface area contributed by atoms with E-state index in [1.807, 2.05) is 52.0 Å². The first kappa shape index (κ1) is 35.5. The Morgan fingerprint density at radius 2 is 1.20 bits per heavy atom. The van der Waals surface area contributed by atoms with Crippen LogP contribution < -0.4 is 15.5 Å². The number of carbonyl (C=O) groups excluding carboxylic acids is 1. The zero-order valence-corrected chi connectivity index (χ0v) is 25.9. The van der Waals surface area contributed by atoms with Gasteiger partial charge in [-0.25, -0.2) is 0 Å². The minimum absolute atomic E-state index is 0.0160. The molecule has 234 valence electrons. The molecule has 1 amide bonds. The van der Waals surface area contributed by atoms with Crippen molar-refractivity contribution in [1.29, 1.82) is 0 Å². The van der Waals surface area contributed by atoms with Crippen molar-refractivity contribution in [2.45, 2.75) is 71.5 Å². The van der Waals surface area contributed by atoms with Gasteiger partial charge in [-0.2, -0.15) is 0 Å². The van der Waals surface area contributed by atoms with E-state index >= 15 is 0 Å². The summed E-state index contributed by atoms with van der Waals surface area (Å²) in [7, 11) is -0.376. The summed E-state index contributed by atoms with van der Waals surface area (Å²) < 4.78 is 45.1. The standard InChI is InChI=1S/C30H52BNO9/c1-6-15-34-18-20-36-22-24-38-25-23-37-21-19-35-17-13-28(33)32-14-7-8-16-39-27-11-9-26(10-12-27)31-40-29(2,3)30(4,5)41-31/h9-12H,6-8,13-25H2,1-5H3,(H,32,33). The molecule has 0 bridgehead atoms. The Kier molecular flexibility index (Phi) is 17.5. The molecule has 1 saturated heterocycles. The van der Waals surface area contributed by atoms with Gasteiger partial charge in [-0.3, -0.25) is 4.79 Å². The van der Waals surface area contributed by atoms with Crippen molar-refractivity contribution in [2.24, 2.45) is 0 Å². The van der Waals surface area contributed by atoms with E-state index in [1.54, 1.807) is 0 Å². The number of unbranched alkanes of at least 4 members (excludes halogenated alkanes) is 1. The third kappa shape index (κ3) is 14.8. The van der Waals surface area contributed by atoms with Gasteiger partial charge in [0.1, 0.15) is 5.75 Å². The van der Waals surface area contributed by atoms with Crippen LogP contribution in [-0.4, -0.2) is 103 Å². The van der Waals surface area contributed by atoms with Crippen molar-refractivity contribution in [1.82, 2.24) is 5.32 Å². The number of benzene rings is 1. The van der Waals surface area contributed by atoms with Gasteiger partial charge >= 0.3 is 7.12 Å². The van der Waals surface area contributed by atoms with E-state index in [2.05, 4.69) is 12.2 Å². The summed E-state index contributed by atoms with van der Waals surface area (Å²) in [6, 6.07) is 7.83. The topological polar surface area (TPSA) is 103 Å². The number of rotatable bonds is 24. The maximum Gasteiger partial charge on any atom is 0.494 e. The van der Waals surface area contributed by atoms with Gasteiger partial charge in [-0.1, -0.05) is 19.1 Å². The lowest BCUT2D eigenvalue weighted by Crippen LogP contribution is -2.41. The van der Waals surface area contributed by atoms with Gasteiger partial charge in [0.2, 0.25) is 5.91 Å². The molecule has 2 rings (SSSR count). The van der Waals surface area contributed by atoms with E-state index in [4.69, 9.17) is 37.7 Å². The van der Waals surface area contributed by atoms with Crippen LogP contribution in [0.4, 0.5) is 0 Å². The lowest BCUT2D eigenvalue weighted by Gasteiger charge is -2.32. The number of hydrogen-bond donors (Lipinski definition) is 1. The normalized spacial score (nSPS) is 15.8. The third-order valence-electron chi connectivity index (χ3n) is 6.88. The average molecular weight is 582 g/mol. The van der Waals surface area contributed by atoms with E-state index in [0.29, 0.717) is 79.0 Å². The van der Waals surface area contributed by atoms with Gasteiger partial charge < -0.3 is 43.0 Å². The number of carbonyl (C=O) groups is 1. The highest BCUT2D eigenvalue weighted by Gasteiger charge is 2.51. The van der Waals surface area contributed by atoms with Gasteiger partial charge in [0.15, 0.2) is 0 Å². The number of nitrogens with one attached hydrogen (secondary N) is 1. The van der Waals surface area contributed by atoms with E-state index in [1.165, 1.54) is 0 Å². The molecule has 0 radical (unpaired) electrons. The monoisotopic (exact) mass is 581 g/mol.